The standard InChI is InChI=1S/C5H7Cl2NO2/c6-5(4(9)10)2-1-3-8(5)7/h1-3H2,(H,9,10). The molecule has 10 heavy (non-hydrogen) atoms. The van der Waals surface area contributed by atoms with Gasteiger partial charge < -0.3 is 5.11 Å². The van der Waals surface area contributed by atoms with Gasteiger partial charge in [-0.1, -0.05) is 11.6 Å². The van der Waals surface area contributed by atoms with E-state index in [1.807, 2.05) is 0 Å². The van der Waals surface area contributed by atoms with Crippen LogP contribution in [0.15, 0.2) is 0 Å². The van der Waals surface area contributed by atoms with Gasteiger partial charge in [-0.3, -0.25) is 0 Å². The normalized spacial score (nSPS) is 34.6. The summed E-state index contributed by atoms with van der Waals surface area (Å²) in [5.41, 5.74) is 0. The third-order valence-corrected chi connectivity index (χ3v) is 2.67. The van der Waals surface area contributed by atoms with Crippen molar-refractivity contribution in [2.75, 3.05) is 6.54 Å². The molecule has 1 heterocycles. The van der Waals surface area contributed by atoms with Crippen LogP contribution in [0.3, 0.4) is 0 Å². The van der Waals surface area contributed by atoms with Crippen molar-refractivity contribution in [2.45, 2.75) is 17.8 Å². The second kappa shape index (κ2) is 2.57. The molecular weight excluding hydrogens is 177 g/mol. The van der Waals surface area contributed by atoms with Gasteiger partial charge in [0.1, 0.15) is 0 Å². The van der Waals surface area contributed by atoms with Gasteiger partial charge >= 0.3 is 5.97 Å². The molecule has 0 amide bonds. The van der Waals surface area contributed by atoms with Crippen LogP contribution >= 0.6 is 23.4 Å². The van der Waals surface area contributed by atoms with Gasteiger partial charge in [-0.15, -0.1) is 0 Å². The SMILES string of the molecule is O=C(O)C1(Cl)CCCN1Cl. The average Bonchev–Trinajstić information content (AvgIpc) is 2.15. The van der Waals surface area contributed by atoms with Crippen LogP contribution in [0.5, 0.6) is 0 Å². The number of carboxylic acids is 1. The van der Waals surface area contributed by atoms with Gasteiger partial charge in [-0.2, -0.15) is 4.42 Å². The fourth-order valence-electron chi connectivity index (χ4n) is 0.961. The zero-order chi connectivity index (χ0) is 7.78. The summed E-state index contributed by atoms with van der Waals surface area (Å²) in [7, 11) is 0. The van der Waals surface area contributed by atoms with Crippen LogP contribution in [-0.4, -0.2) is 27.0 Å². The van der Waals surface area contributed by atoms with Crippen molar-refractivity contribution in [3.63, 3.8) is 0 Å². The molecule has 1 unspecified atom stereocenters. The molecule has 58 valence electrons. The van der Waals surface area contributed by atoms with Crippen molar-refractivity contribution in [1.82, 2.24) is 4.42 Å². The fraction of sp³-hybridized carbons (Fsp3) is 0.800. The lowest BCUT2D eigenvalue weighted by Crippen LogP contribution is -2.40. The summed E-state index contributed by atoms with van der Waals surface area (Å²) in [5, 5.41) is 8.58. The number of halogens is 2. The molecule has 0 aliphatic carbocycles. The van der Waals surface area contributed by atoms with E-state index in [4.69, 9.17) is 28.5 Å². The molecule has 0 saturated carbocycles. The minimum absolute atomic E-state index is 0.410. The van der Waals surface area contributed by atoms with Gasteiger partial charge in [0.05, 0.1) is 0 Å². The topological polar surface area (TPSA) is 40.5 Å². The lowest BCUT2D eigenvalue weighted by atomic mass is 10.2. The van der Waals surface area contributed by atoms with Gasteiger partial charge in [0, 0.05) is 6.54 Å². The molecule has 1 aliphatic rings. The lowest BCUT2D eigenvalue weighted by Gasteiger charge is -2.21. The summed E-state index contributed by atoms with van der Waals surface area (Å²) in [4.78, 5) is 9.12. The molecule has 3 nitrogen and oxygen atoms in total. The summed E-state index contributed by atoms with van der Waals surface area (Å²) < 4.78 is 1.14. The first-order valence-corrected chi connectivity index (χ1v) is 3.65. The van der Waals surface area contributed by atoms with E-state index in [1.165, 1.54) is 0 Å². The molecule has 5 heteroatoms. The van der Waals surface area contributed by atoms with Gasteiger partial charge in [0.15, 0.2) is 0 Å². The molecule has 1 atom stereocenters. The molecule has 1 saturated heterocycles. The Hall–Kier alpha value is 0.01000. The Morgan fingerprint density at radius 3 is 2.50 bits per heavy atom. The fourth-order valence-corrected chi connectivity index (χ4v) is 1.46. The van der Waals surface area contributed by atoms with Gasteiger partial charge in [0.25, 0.3) is 0 Å². The highest BCUT2D eigenvalue weighted by molar-refractivity contribution is 6.36. The quantitative estimate of drug-likeness (QED) is 0.378. The average molecular weight is 184 g/mol. The smallest absolute Gasteiger partial charge is 0.340 e. The second-order valence-electron chi connectivity index (χ2n) is 2.25. The van der Waals surface area contributed by atoms with E-state index in [9.17, 15) is 4.79 Å². The van der Waals surface area contributed by atoms with Crippen LogP contribution in [0.1, 0.15) is 12.8 Å². The predicted octanol–water partition coefficient (Wildman–Crippen LogP) is 1.26. The van der Waals surface area contributed by atoms with E-state index in [-0.39, 0.29) is 0 Å². The van der Waals surface area contributed by atoms with Crippen LogP contribution in [0, 0.1) is 0 Å². The van der Waals surface area contributed by atoms with E-state index in [1.54, 1.807) is 0 Å². The molecule has 1 fully saturated rings. The van der Waals surface area contributed by atoms with Crippen LogP contribution in [-0.2, 0) is 4.79 Å². The largest absolute Gasteiger partial charge is 0.479 e. The summed E-state index contributed by atoms with van der Waals surface area (Å²) in [6.45, 7) is 0.539. The van der Waals surface area contributed by atoms with Crippen LogP contribution in [0.4, 0.5) is 0 Å². The Kier molecular flexibility index (Phi) is 2.08. The number of carboxylic acid groups (broad SMARTS) is 1. The summed E-state index contributed by atoms with van der Waals surface area (Å²) in [6.07, 6.45) is 1.15. The van der Waals surface area contributed by atoms with Gasteiger partial charge in [-0.05, 0) is 24.6 Å². The maximum Gasteiger partial charge on any atom is 0.340 e. The molecule has 0 spiro atoms. The summed E-state index contributed by atoms with van der Waals surface area (Å²) >= 11 is 11.2. The number of nitrogens with zero attached hydrogens (tertiary/aromatic N) is 1. The first-order valence-electron chi connectivity index (χ1n) is 2.93. The van der Waals surface area contributed by atoms with Gasteiger partial charge in [-0.25, -0.2) is 4.79 Å². The lowest BCUT2D eigenvalue weighted by molar-refractivity contribution is -0.142. The Morgan fingerprint density at radius 2 is 2.30 bits per heavy atom. The van der Waals surface area contributed by atoms with Crippen LogP contribution < -0.4 is 0 Å². The summed E-state index contributed by atoms with van der Waals surface area (Å²) in [5.74, 6) is -1.07. The molecule has 1 rings (SSSR count). The number of rotatable bonds is 1. The highest BCUT2D eigenvalue weighted by Crippen LogP contribution is 2.34. The van der Waals surface area contributed by atoms with Crippen molar-refractivity contribution in [3.05, 3.63) is 0 Å². The minimum atomic E-state index is -1.36. The number of hydrogen-bond donors (Lipinski definition) is 1. The highest BCUT2D eigenvalue weighted by atomic mass is 35.5. The van der Waals surface area contributed by atoms with Crippen LogP contribution in [0.2, 0.25) is 0 Å². The van der Waals surface area contributed by atoms with Gasteiger partial charge in [0.2, 0.25) is 5.00 Å². The highest BCUT2D eigenvalue weighted by Gasteiger charge is 2.45. The third-order valence-electron chi connectivity index (χ3n) is 1.57. The zero-order valence-electron chi connectivity index (χ0n) is 5.18. The van der Waals surface area contributed by atoms with Crippen molar-refractivity contribution >= 4 is 29.3 Å². The van der Waals surface area contributed by atoms with E-state index < -0.39 is 11.0 Å². The number of hydrogen-bond acceptors (Lipinski definition) is 2. The second-order valence-corrected chi connectivity index (χ2v) is 3.29. The summed E-state index contributed by atoms with van der Waals surface area (Å²) in [6, 6.07) is 0. The molecule has 0 aromatic carbocycles. The van der Waals surface area contributed by atoms with Crippen molar-refractivity contribution in [1.29, 1.82) is 0 Å². The third kappa shape index (κ3) is 1.09. The predicted molar refractivity (Wildman–Crippen MR) is 38.0 cm³/mol. The van der Waals surface area contributed by atoms with Crippen molar-refractivity contribution in [2.24, 2.45) is 0 Å². The first-order chi connectivity index (χ1) is 4.57. The molecule has 1 N–H and O–H groups in total. The van der Waals surface area contributed by atoms with Crippen molar-refractivity contribution < 1.29 is 9.90 Å². The molecular formula is C5H7Cl2NO2. The molecule has 0 aromatic rings. The van der Waals surface area contributed by atoms with E-state index in [0.717, 1.165) is 10.8 Å². The van der Waals surface area contributed by atoms with Crippen LogP contribution in [0.25, 0.3) is 0 Å². The monoisotopic (exact) mass is 183 g/mol. The Morgan fingerprint density at radius 1 is 1.70 bits per heavy atom. The molecule has 0 radical (unpaired) electrons. The Balaban J connectivity index is 2.75. The van der Waals surface area contributed by atoms with E-state index >= 15 is 0 Å². The number of carbonyl (C=O) groups is 1. The van der Waals surface area contributed by atoms with Crippen molar-refractivity contribution in [3.8, 4) is 0 Å². The first kappa shape index (κ1) is 8.11. The van der Waals surface area contributed by atoms with E-state index in [0.29, 0.717) is 13.0 Å². The molecule has 0 aromatic heterocycles. The van der Waals surface area contributed by atoms with E-state index in [2.05, 4.69) is 0 Å². The minimum Gasteiger partial charge on any atom is -0.479 e. The molecule has 1 aliphatic heterocycles. The number of aliphatic carboxylic acids is 1. The Labute approximate surface area is 68.6 Å². The maximum atomic E-state index is 10.5. The maximum absolute atomic E-state index is 10.5. The zero-order valence-corrected chi connectivity index (χ0v) is 6.69. The Bertz CT molecular complexity index is 164. The number of alkyl halides is 1. The molecule has 0 bridgehead atoms.